The first-order valence-electron chi connectivity index (χ1n) is 13.2. The number of rotatable bonds is 9. The Kier molecular flexibility index (Phi) is 9.19. The van der Waals surface area contributed by atoms with Crippen LogP contribution in [0.1, 0.15) is 57.9 Å². The number of imidazole rings is 1. The van der Waals surface area contributed by atoms with Crippen molar-refractivity contribution in [1.29, 1.82) is 0 Å². The van der Waals surface area contributed by atoms with Gasteiger partial charge < -0.3 is 14.3 Å². The van der Waals surface area contributed by atoms with E-state index in [-0.39, 0.29) is 17.2 Å². The zero-order valence-corrected chi connectivity index (χ0v) is 24.1. The number of methoxy groups -OCH3 is 1. The highest BCUT2D eigenvalue weighted by Gasteiger charge is 2.25. The average Bonchev–Trinajstić information content (AvgIpc) is 3.58. The first-order chi connectivity index (χ1) is 18.1. The van der Waals surface area contributed by atoms with Crippen LogP contribution in [0.25, 0.3) is 22.6 Å². The molecule has 4 rings (SSSR count). The molecule has 4 aromatic heterocycles. The van der Waals surface area contributed by atoms with Gasteiger partial charge >= 0.3 is 5.69 Å². The molecule has 0 unspecified atom stereocenters. The van der Waals surface area contributed by atoms with E-state index >= 15 is 0 Å². The van der Waals surface area contributed by atoms with Crippen molar-refractivity contribution in [2.24, 2.45) is 20.0 Å². The van der Waals surface area contributed by atoms with Gasteiger partial charge in [0.25, 0.3) is 5.56 Å². The largest absolute Gasteiger partial charge is 0.502 e. The first kappa shape index (κ1) is 28.7. The van der Waals surface area contributed by atoms with E-state index in [1.807, 2.05) is 63.3 Å². The van der Waals surface area contributed by atoms with Crippen LogP contribution in [-0.2, 0) is 38.3 Å². The Morgan fingerprint density at radius 1 is 1.21 bits per heavy atom. The molecule has 0 atom stereocenters. The highest BCUT2D eigenvalue weighted by molar-refractivity contribution is 5.89. The predicted octanol–water partition coefficient (Wildman–Crippen LogP) is 4.15. The van der Waals surface area contributed by atoms with Crippen LogP contribution in [0.3, 0.4) is 0 Å². The van der Waals surface area contributed by atoms with Gasteiger partial charge in [-0.2, -0.15) is 5.10 Å². The monoisotopic (exact) mass is 523 g/mol. The van der Waals surface area contributed by atoms with E-state index in [4.69, 9.17) is 9.84 Å². The summed E-state index contributed by atoms with van der Waals surface area (Å²) in [7, 11) is 5.07. The number of allylic oxidation sites excluding steroid dienone is 2. The van der Waals surface area contributed by atoms with Crippen molar-refractivity contribution in [2.75, 3.05) is 7.11 Å². The normalized spacial score (nSPS) is 11.8. The van der Waals surface area contributed by atoms with Crippen molar-refractivity contribution in [3.05, 3.63) is 68.1 Å². The molecule has 0 radical (unpaired) electrons. The van der Waals surface area contributed by atoms with E-state index in [2.05, 4.69) is 23.0 Å². The molecule has 10 heteroatoms. The molecular weight excluding hydrogens is 482 g/mol. The van der Waals surface area contributed by atoms with Gasteiger partial charge in [-0.05, 0) is 49.8 Å². The van der Waals surface area contributed by atoms with Crippen molar-refractivity contribution in [3.63, 3.8) is 0 Å². The molecule has 0 amide bonds. The lowest BCUT2D eigenvalue weighted by Gasteiger charge is -2.11. The number of aryl methyl sites for hydroxylation is 2. The lowest BCUT2D eigenvalue weighted by Crippen LogP contribution is -2.38. The maximum Gasteiger partial charge on any atom is 0.332 e. The second-order valence-electron chi connectivity index (χ2n) is 9.69. The summed E-state index contributed by atoms with van der Waals surface area (Å²) in [4.78, 5) is 34.4. The summed E-state index contributed by atoms with van der Waals surface area (Å²) in [6.07, 6.45) is 9.28. The van der Waals surface area contributed by atoms with Crippen molar-refractivity contribution in [3.8, 4) is 11.5 Å². The quantitative estimate of drug-likeness (QED) is 0.332. The highest BCUT2D eigenvalue weighted by atomic mass is 16.5. The van der Waals surface area contributed by atoms with Crippen LogP contribution in [0.2, 0.25) is 0 Å². The van der Waals surface area contributed by atoms with Gasteiger partial charge in [0.1, 0.15) is 11.1 Å². The van der Waals surface area contributed by atoms with E-state index in [1.54, 1.807) is 17.9 Å². The fraction of sp³-hybridized carbons (Fsp3) is 0.500. The van der Waals surface area contributed by atoms with Crippen molar-refractivity contribution in [1.82, 2.24) is 33.4 Å². The number of aromatic amines is 1. The zero-order chi connectivity index (χ0) is 28.1. The Labute approximate surface area is 223 Å². The third-order valence-corrected chi connectivity index (χ3v) is 6.58. The van der Waals surface area contributed by atoms with E-state index < -0.39 is 0 Å². The van der Waals surface area contributed by atoms with Crippen LogP contribution in [0.5, 0.6) is 0 Å². The Bertz CT molecular complexity index is 1540. The highest BCUT2D eigenvalue weighted by Crippen LogP contribution is 2.27. The molecule has 0 saturated carbocycles. The average molecular weight is 524 g/mol. The van der Waals surface area contributed by atoms with Gasteiger partial charge in [-0.15, -0.1) is 0 Å². The van der Waals surface area contributed by atoms with Crippen LogP contribution >= 0.6 is 0 Å². The number of H-pyrrole nitrogens is 1. The maximum atomic E-state index is 13.4. The molecule has 0 bridgehead atoms. The standard InChI is InChI=1S/C26H35N7O3.C2H6/c1-16(2)14-32-23-21(25(34)31(6)26(32)35)22(24-27-11-12-30(24)5)33(29-23)15-19-13-28-18(4)20(19)10-8-9-17(3)36-7;1-2/h9,11-13,16,28H,8,10,14-15H2,1-7H3;1-2H3/b17-9+;. The van der Waals surface area contributed by atoms with Gasteiger partial charge in [-0.1, -0.05) is 27.7 Å². The summed E-state index contributed by atoms with van der Waals surface area (Å²) in [5.74, 6) is 1.71. The van der Waals surface area contributed by atoms with Crippen LogP contribution in [0.15, 0.2) is 40.0 Å². The van der Waals surface area contributed by atoms with E-state index in [0.29, 0.717) is 35.6 Å². The van der Waals surface area contributed by atoms with Crippen LogP contribution in [-0.4, -0.2) is 40.6 Å². The summed E-state index contributed by atoms with van der Waals surface area (Å²) in [5, 5.41) is 5.26. The Morgan fingerprint density at radius 3 is 2.53 bits per heavy atom. The molecular formula is C28H41N7O3. The second-order valence-corrected chi connectivity index (χ2v) is 9.69. The van der Waals surface area contributed by atoms with Crippen molar-refractivity contribution < 1.29 is 4.74 Å². The molecule has 0 aromatic carbocycles. The van der Waals surface area contributed by atoms with Gasteiger partial charge in [0.05, 0.1) is 19.4 Å². The van der Waals surface area contributed by atoms with E-state index in [1.165, 1.54) is 17.2 Å². The number of hydrogen-bond donors (Lipinski definition) is 1. The van der Waals surface area contributed by atoms with Crippen LogP contribution < -0.4 is 11.2 Å². The van der Waals surface area contributed by atoms with E-state index in [9.17, 15) is 9.59 Å². The minimum Gasteiger partial charge on any atom is -0.502 e. The lowest BCUT2D eigenvalue weighted by atomic mass is 10.1. The van der Waals surface area contributed by atoms with E-state index in [0.717, 1.165) is 29.9 Å². The molecule has 0 aliphatic carbocycles. The zero-order valence-electron chi connectivity index (χ0n) is 24.1. The minimum absolute atomic E-state index is 0.202. The summed E-state index contributed by atoms with van der Waals surface area (Å²) in [6, 6.07) is 0. The molecule has 38 heavy (non-hydrogen) atoms. The Balaban J connectivity index is 0.00000195. The van der Waals surface area contributed by atoms with Crippen LogP contribution in [0, 0.1) is 12.8 Å². The molecule has 0 spiro atoms. The molecule has 4 heterocycles. The summed E-state index contributed by atoms with van der Waals surface area (Å²) < 4.78 is 11.7. The SMILES string of the molecule is CC.CO/C(C)=C/CCc1c(Cn2nc3c(c2-c2nccn2C)c(=O)n(C)c(=O)n3CC(C)C)c[nH]c1C. The molecule has 4 aromatic rings. The third-order valence-electron chi connectivity index (χ3n) is 6.58. The molecule has 0 fully saturated rings. The number of hydrogen-bond acceptors (Lipinski definition) is 5. The topological polar surface area (TPSA) is 105 Å². The number of nitrogens with one attached hydrogen (secondary N) is 1. The van der Waals surface area contributed by atoms with Gasteiger partial charge in [-0.25, -0.2) is 9.78 Å². The number of ether oxygens (including phenoxy) is 1. The number of aromatic nitrogens is 7. The Hall–Kier alpha value is -3.82. The summed E-state index contributed by atoms with van der Waals surface area (Å²) >= 11 is 0. The molecule has 0 aliphatic rings. The summed E-state index contributed by atoms with van der Waals surface area (Å²) in [5.41, 5.74) is 3.64. The van der Waals surface area contributed by atoms with Gasteiger partial charge in [0.2, 0.25) is 0 Å². The fourth-order valence-electron chi connectivity index (χ4n) is 4.59. The Morgan fingerprint density at radius 2 is 1.92 bits per heavy atom. The van der Waals surface area contributed by atoms with Gasteiger partial charge in [-0.3, -0.25) is 18.6 Å². The van der Waals surface area contributed by atoms with Crippen LogP contribution in [0.4, 0.5) is 0 Å². The predicted molar refractivity (Wildman–Crippen MR) is 151 cm³/mol. The summed E-state index contributed by atoms with van der Waals surface area (Å²) in [6.45, 7) is 13.0. The maximum absolute atomic E-state index is 13.4. The van der Waals surface area contributed by atoms with Crippen molar-refractivity contribution in [2.45, 2.75) is 67.5 Å². The third kappa shape index (κ3) is 5.54. The minimum atomic E-state index is -0.370. The second kappa shape index (κ2) is 12.1. The smallest absolute Gasteiger partial charge is 0.332 e. The lowest BCUT2D eigenvalue weighted by molar-refractivity contribution is 0.292. The van der Waals surface area contributed by atoms with Gasteiger partial charge in [0, 0.05) is 44.9 Å². The first-order valence-corrected chi connectivity index (χ1v) is 13.2. The molecule has 206 valence electrons. The molecule has 0 saturated heterocycles. The molecule has 0 aliphatic heterocycles. The number of fused-ring (bicyclic) bond motifs is 1. The van der Waals surface area contributed by atoms with Crippen molar-refractivity contribution >= 4 is 11.0 Å². The molecule has 10 nitrogen and oxygen atoms in total. The van der Waals surface area contributed by atoms with Gasteiger partial charge in [0.15, 0.2) is 11.5 Å². The molecule has 1 N–H and O–H groups in total. The fourth-order valence-corrected chi connectivity index (χ4v) is 4.59. The number of nitrogens with zero attached hydrogens (tertiary/aromatic N) is 6.